The van der Waals surface area contributed by atoms with Gasteiger partial charge in [0.15, 0.2) is 0 Å². The third-order valence-corrected chi connectivity index (χ3v) is 4.45. The lowest BCUT2D eigenvalue weighted by Gasteiger charge is -2.29. The first-order valence-corrected chi connectivity index (χ1v) is 8.58. The van der Waals surface area contributed by atoms with Crippen molar-refractivity contribution >= 4 is 23.0 Å². The van der Waals surface area contributed by atoms with E-state index < -0.39 is 0 Å². The molecule has 130 valence electrons. The number of nitrogens with one attached hydrogen (secondary N) is 1. The number of nitrogens with zero attached hydrogens (tertiary/aromatic N) is 2. The van der Waals surface area contributed by atoms with Crippen LogP contribution in [0.5, 0.6) is 0 Å². The smallest absolute Gasteiger partial charge is 0.259 e. The summed E-state index contributed by atoms with van der Waals surface area (Å²) in [5.41, 5.74) is 3.91. The van der Waals surface area contributed by atoms with Crippen LogP contribution in [0.3, 0.4) is 0 Å². The third kappa shape index (κ3) is 3.28. The highest BCUT2D eigenvalue weighted by Crippen LogP contribution is 2.28. The second-order valence-corrected chi connectivity index (χ2v) is 6.29. The van der Waals surface area contributed by atoms with Crippen molar-refractivity contribution in [2.75, 3.05) is 16.8 Å². The van der Waals surface area contributed by atoms with Crippen molar-refractivity contribution < 1.29 is 9.18 Å². The molecule has 0 saturated carbocycles. The van der Waals surface area contributed by atoms with Gasteiger partial charge in [-0.25, -0.2) is 4.39 Å². The summed E-state index contributed by atoms with van der Waals surface area (Å²) in [6, 6.07) is 15.9. The van der Waals surface area contributed by atoms with Gasteiger partial charge >= 0.3 is 0 Å². The van der Waals surface area contributed by atoms with Crippen LogP contribution in [0.15, 0.2) is 67.0 Å². The summed E-state index contributed by atoms with van der Waals surface area (Å²) < 4.78 is 13.3. The second kappa shape index (κ2) is 6.96. The number of benzene rings is 2. The van der Waals surface area contributed by atoms with Crippen molar-refractivity contribution in [3.8, 4) is 0 Å². The van der Waals surface area contributed by atoms with Gasteiger partial charge in [-0.05, 0) is 48.7 Å². The number of rotatable bonds is 3. The normalized spacial score (nSPS) is 13.2. The molecule has 0 atom stereocenters. The number of amides is 1. The summed E-state index contributed by atoms with van der Waals surface area (Å²) in [5.74, 6) is -0.396. The fourth-order valence-corrected chi connectivity index (χ4v) is 3.26. The number of para-hydroxylation sites is 1. The molecular weight excluding hydrogens is 329 g/mol. The SMILES string of the molecule is O=C(c1cncc(Nc2cccc(F)c2)c1)N1CCCc2ccccc21. The predicted octanol–water partition coefficient (Wildman–Crippen LogP) is 4.56. The number of halogens is 1. The summed E-state index contributed by atoms with van der Waals surface area (Å²) >= 11 is 0. The van der Waals surface area contributed by atoms with E-state index in [0.717, 1.165) is 18.5 Å². The molecule has 4 nitrogen and oxygen atoms in total. The average molecular weight is 347 g/mol. The highest BCUT2D eigenvalue weighted by atomic mass is 19.1. The van der Waals surface area contributed by atoms with Gasteiger partial charge in [0.2, 0.25) is 0 Å². The summed E-state index contributed by atoms with van der Waals surface area (Å²) in [5, 5.41) is 3.09. The average Bonchev–Trinajstić information content (AvgIpc) is 2.67. The van der Waals surface area contributed by atoms with Crippen LogP contribution in [-0.2, 0) is 6.42 Å². The number of hydrogen-bond donors (Lipinski definition) is 1. The lowest BCUT2D eigenvalue weighted by molar-refractivity contribution is 0.0985. The number of aromatic nitrogens is 1. The van der Waals surface area contributed by atoms with Crippen molar-refractivity contribution in [3.63, 3.8) is 0 Å². The Bertz CT molecular complexity index is 957. The van der Waals surface area contributed by atoms with Crippen LogP contribution in [0, 0.1) is 5.82 Å². The molecule has 0 aliphatic carbocycles. The summed E-state index contributed by atoms with van der Waals surface area (Å²) in [7, 11) is 0. The topological polar surface area (TPSA) is 45.2 Å². The highest BCUT2D eigenvalue weighted by Gasteiger charge is 2.23. The molecule has 5 heteroatoms. The van der Waals surface area contributed by atoms with Gasteiger partial charge in [0.25, 0.3) is 5.91 Å². The van der Waals surface area contributed by atoms with E-state index in [4.69, 9.17) is 0 Å². The van der Waals surface area contributed by atoms with Crippen LogP contribution in [0.2, 0.25) is 0 Å². The molecule has 26 heavy (non-hydrogen) atoms. The molecule has 1 N–H and O–H groups in total. The molecule has 0 radical (unpaired) electrons. The Morgan fingerprint density at radius 2 is 1.92 bits per heavy atom. The monoisotopic (exact) mass is 347 g/mol. The number of carbonyl (C=O) groups excluding carboxylic acids is 1. The van der Waals surface area contributed by atoms with E-state index in [1.54, 1.807) is 30.6 Å². The van der Waals surface area contributed by atoms with Crippen LogP contribution < -0.4 is 10.2 Å². The molecule has 1 aliphatic rings. The Labute approximate surface area is 151 Å². The summed E-state index contributed by atoms with van der Waals surface area (Å²) in [6.45, 7) is 0.692. The van der Waals surface area contributed by atoms with E-state index in [1.165, 1.54) is 17.7 Å². The van der Waals surface area contributed by atoms with Crippen molar-refractivity contribution in [3.05, 3.63) is 83.9 Å². The standard InChI is InChI=1S/C21H18FN3O/c22-17-7-3-8-18(12-17)24-19-11-16(13-23-14-19)21(26)25-10-4-6-15-5-1-2-9-20(15)25/h1-3,5,7-9,11-14,24H,4,6,10H2. The number of fused-ring (bicyclic) bond motifs is 1. The number of pyridine rings is 1. The second-order valence-electron chi connectivity index (χ2n) is 6.29. The molecule has 1 aliphatic heterocycles. The van der Waals surface area contributed by atoms with Crippen LogP contribution in [0.4, 0.5) is 21.5 Å². The molecule has 2 aromatic carbocycles. The summed E-state index contributed by atoms with van der Waals surface area (Å²) in [4.78, 5) is 19.0. The first kappa shape index (κ1) is 16.3. The first-order chi connectivity index (χ1) is 12.7. The molecule has 1 aromatic heterocycles. The van der Waals surface area contributed by atoms with E-state index in [2.05, 4.69) is 16.4 Å². The fourth-order valence-electron chi connectivity index (χ4n) is 3.26. The van der Waals surface area contributed by atoms with Crippen molar-refractivity contribution in [1.82, 2.24) is 4.98 Å². The molecule has 2 heterocycles. The largest absolute Gasteiger partial charge is 0.354 e. The maximum atomic E-state index is 13.3. The summed E-state index contributed by atoms with van der Waals surface area (Å²) in [6.07, 6.45) is 5.11. The van der Waals surface area contributed by atoms with Crippen LogP contribution in [0.1, 0.15) is 22.3 Å². The van der Waals surface area contributed by atoms with Gasteiger partial charge in [0.05, 0.1) is 17.4 Å². The van der Waals surface area contributed by atoms with E-state index in [1.807, 2.05) is 23.1 Å². The number of anilines is 3. The zero-order chi connectivity index (χ0) is 17.9. The minimum Gasteiger partial charge on any atom is -0.354 e. The van der Waals surface area contributed by atoms with Crippen molar-refractivity contribution in [1.29, 1.82) is 0 Å². The first-order valence-electron chi connectivity index (χ1n) is 8.58. The number of carbonyl (C=O) groups is 1. The zero-order valence-corrected chi connectivity index (χ0v) is 14.2. The molecule has 0 fully saturated rings. The molecule has 1 amide bonds. The van der Waals surface area contributed by atoms with Gasteiger partial charge in [0.1, 0.15) is 5.82 Å². The fraction of sp³-hybridized carbons (Fsp3) is 0.143. The van der Waals surface area contributed by atoms with Gasteiger partial charge < -0.3 is 10.2 Å². The quantitative estimate of drug-likeness (QED) is 0.755. The van der Waals surface area contributed by atoms with Gasteiger partial charge in [0, 0.05) is 24.1 Å². The zero-order valence-electron chi connectivity index (χ0n) is 14.2. The Balaban J connectivity index is 1.60. The Morgan fingerprint density at radius 3 is 2.81 bits per heavy atom. The molecule has 0 unspecified atom stereocenters. The van der Waals surface area contributed by atoms with E-state index >= 15 is 0 Å². The lowest BCUT2D eigenvalue weighted by atomic mass is 10.0. The van der Waals surface area contributed by atoms with Gasteiger partial charge in [-0.15, -0.1) is 0 Å². The van der Waals surface area contributed by atoms with Crippen molar-refractivity contribution in [2.24, 2.45) is 0 Å². The third-order valence-electron chi connectivity index (χ3n) is 4.45. The maximum Gasteiger partial charge on any atom is 0.259 e. The number of aryl methyl sites for hydroxylation is 1. The Morgan fingerprint density at radius 1 is 1.04 bits per heavy atom. The molecule has 0 saturated heterocycles. The van der Waals surface area contributed by atoms with Crippen LogP contribution in [-0.4, -0.2) is 17.4 Å². The van der Waals surface area contributed by atoms with E-state index in [0.29, 0.717) is 23.5 Å². The molecule has 4 rings (SSSR count). The van der Waals surface area contributed by atoms with E-state index in [9.17, 15) is 9.18 Å². The van der Waals surface area contributed by atoms with Gasteiger partial charge in [-0.2, -0.15) is 0 Å². The van der Waals surface area contributed by atoms with Gasteiger partial charge in [-0.1, -0.05) is 24.3 Å². The lowest BCUT2D eigenvalue weighted by Crippen LogP contribution is -2.35. The minimum absolute atomic E-state index is 0.0763. The number of hydrogen-bond acceptors (Lipinski definition) is 3. The van der Waals surface area contributed by atoms with Gasteiger partial charge in [-0.3, -0.25) is 9.78 Å². The molecule has 3 aromatic rings. The molecule has 0 bridgehead atoms. The Hall–Kier alpha value is -3.21. The highest BCUT2D eigenvalue weighted by molar-refractivity contribution is 6.07. The molecular formula is C21H18FN3O. The maximum absolute atomic E-state index is 13.3. The van der Waals surface area contributed by atoms with E-state index in [-0.39, 0.29) is 11.7 Å². The minimum atomic E-state index is -0.319. The molecule has 0 spiro atoms. The predicted molar refractivity (Wildman–Crippen MR) is 100 cm³/mol. The van der Waals surface area contributed by atoms with Crippen LogP contribution >= 0.6 is 0 Å². The van der Waals surface area contributed by atoms with Crippen LogP contribution in [0.25, 0.3) is 0 Å². The Kier molecular flexibility index (Phi) is 4.35. The van der Waals surface area contributed by atoms with Crippen molar-refractivity contribution in [2.45, 2.75) is 12.8 Å².